The molecular formula is C17H21N3O4. The fourth-order valence-corrected chi connectivity index (χ4v) is 2.24. The summed E-state index contributed by atoms with van der Waals surface area (Å²) in [5.41, 5.74) is 0.497. The number of carbonyl (C=O) groups is 2. The highest BCUT2D eigenvalue weighted by atomic mass is 16.5. The van der Waals surface area contributed by atoms with Crippen molar-refractivity contribution in [3.63, 3.8) is 0 Å². The molecule has 2 aromatic rings. The van der Waals surface area contributed by atoms with Gasteiger partial charge in [0, 0.05) is 11.9 Å². The zero-order valence-corrected chi connectivity index (χ0v) is 13.8. The largest absolute Gasteiger partial charge is 0.452 e. The molecule has 1 amide bonds. The van der Waals surface area contributed by atoms with Crippen molar-refractivity contribution in [2.24, 2.45) is 0 Å². The zero-order valence-electron chi connectivity index (χ0n) is 13.8. The van der Waals surface area contributed by atoms with Crippen molar-refractivity contribution in [1.82, 2.24) is 15.1 Å². The number of carbonyl (C=O) groups excluding carboxylic acids is 2. The van der Waals surface area contributed by atoms with Gasteiger partial charge in [-0.15, -0.1) is 0 Å². The van der Waals surface area contributed by atoms with E-state index in [0.717, 1.165) is 6.42 Å². The summed E-state index contributed by atoms with van der Waals surface area (Å²) in [4.78, 5) is 35.4. The molecule has 0 radical (unpaired) electrons. The number of hydrogen-bond acceptors (Lipinski definition) is 5. The van der Waals surface area contributed by atoms with Crippen LogP contribution in [0.3, 0.4) is 0 Å². The van der Waals surface area contributed by atoms with Crippen LogP contribution in [0, 0.1) is 0 Å². The zero-order chi connectivity index (χ0) is 17.5. The molecule has 0 aliphatic heterocycles. The lowest BCUT2D eigenvalue weighted by Crippen LogP contribution is -2.36. The number of aromatic nitrogens is 2. The second kappa shape index (κ2) is 8.24. The highest BCUT2D eigenvalue weighted by Gasteiger charge is 2.17. The van der Waals surface area contributed by atoms with Crippen LogP contribution in [-0.4, -0.2) is 34.3 Å². The molecule has 2 rings (SSSR count). The third-order valence-electron chi connectivity index (χ3n) is 3.52. The van der Waals surface area contributed by atoms with E-state index in [0.29, 0.717) is 17.4 Å². The number of aryl methyl sites for hydroxylation is 1. The first-order chi connectivity index (χ1) is 11.5. The Labute approximate surface area is 139 Å². The monoisotopic (exact) mass is 331 g/mol. The number of benzene rings is 1. The maximum Gasteiger partial charge on any atom is 0.308 e. The molecule has 24 heavy (non-hydrogen) atoms. The van der Waals surface area contributed by atoms with Crippen molar-refractivity contribution in [3.05, 3.63) is 40.7 Å². The Morgan fingerprint density at radius 3 is 2.83 bits per heavy atom. The highest BCUT2D eigenvalue weighted by molar-refractivity contribution is 5.83. The van der Waals surface area contributed by atoms with E-state index in [1.165, 1.54) is 13.1 Å². The van der Waals surface area contributed by atoms with E-state index in [2.05, 4.69) is 10.4 Å². The molecule has 0 saturated carbocycles. The van der Waals surface area contributed by atoms with Gasteiger partial charge in [0.1, 0.15) is 0 Å². The Morgan fingerprint density at radius 2 is 2.08 bits per heavy atom. The molecule has 128 valence electrons. The normalized spacial score (nSPS) is 11.9. The predicted octanol–water partition coefficient (Wildman–Crippen LogP) is 1.24. The van der Waals surface area contributed by atoms with Crippen LogP contribution in [0.25, 0.3) is 10.9 Å². The number of hydrogen-bond donors (Lipinski definition) is 1. The molecule has 7 heteroatoms. The summed E-state index contributed by atoms with van der Waals surface area (Å²) < 4.78 is 6.70. The summed E-state index contributed by atoms with van der Waals surface area (Å²) in [6.45, 7) is 4.30. The Hall–Kier alpha value is -2.70. The predicted molar refractivity (Wildman–Crippen MR) is 89.5 cm³/mol. The van der Waals surface area contributed by atoms with Gasteiger partial charge >= 0.3 is 5.97 Å². The van der Waals surface area contributed by atoms with Crippen LogP contribution >= 0.6 is 0 Å². The first kappa shape index (κ1) is 17.7. The SMILES string of the molecule is CCCNC(=O)[C@H](C)OC(=O)CCn1ncc(=O)c2ccccc21. The van der Waals surface area contributed by atoms with Gasteiger partial charge in [0.25, 0.3) is 5.91 Å². The second-order valence-electron chi connectivity index (χ2n) is 5.42. The summed E-state index contributed by atoms with van der Waals surface area (Å²) in [7, 11) is 0. The third kappa shape index (κ3) is 4.41. The van der Waals surface area contributed by atoms with E-state index >= 15 is 0 Å². The number of ether oxygens (including phenoxy) is 1. The Bertz CT molecular complexity index is 785. The average molecular weight is 331 g/mol. The number of nitrogens with one attached hydrogen (secondary N) is 1. The molecule has 0 bridgehead atoms. The molecule has 1 heterocycles. The molecule has 0 saturated heterocycles. The standard InChI is InChI=1S/C17H21N3O4/c1-3-9-18-17(23)12(2)24-16(22)8-10-20-14-7-5-4-6-13(14)15(21)11-19-20/h4-7,11-12H,3,8-10H2,1-2H3,(H,18,23)/t12-/m0/s1. The average Bonchev–Trinajstić information content (AvgIpc) is 2.59. The van der Waals surface area contributed by atoms with Gasteiger partial charge in [-0.05, 0) is 25.5 Å². The summed E-state index contributed by atoms with van der Waals surface area (Å²) >= 11 is 0. The lowest BCUT2D eigenvalue weighted by Gasteiger charge is -2.14. The molecular weight excluding hydrogens is 310 g/mol. The van der Waals surface area contributed by atoms with Gasteiger partial charge in [-0.1, -0.05) is 19.1 Å². The Balaban J connectivity index is 1.96. The number of para-hydroxylation sites is 1. The van der Waals surface area contributed by atoms with E-state index in [9.17, 15) is 14.4 Å². The van der Waals surface area contributed by atoms with Gasteiger partial charge in [0.2, 0.25) is 5.43 Å². The minimum absolute atomic E-state index is 0.0608. The van der Waals surface area contributed by atoms with Crippen molar-refractivity contribution in [2.75, 3.05) is 6.54 Å². The molecule has 1 aromatic heterocycles. The maximum atomic E-state index is 11.9. The van der Waals surface area contributed by atoms with Crippen LogP contribution in [0.2, 0.25) is 0 Å². The van der Waals surface area contributed by atoms with Crippen molar-refractivity contribution >= 4 is 22.8 Å². The van der Waals surface area contributed by atoms with Crippen LogP contribution in [0.1, 0.15) is 26.7 Å². The van der Waals surface area contributed by atoms with Gasteiger partial charge < -0.3 is 10.1 Å². The summed E-state index contributed by atoms with van der Waals surface area (Å²) in [6, 6.07) is 7.07. The number of amides is 1. The summed E-state index contributed by atoms with van der Waals surface area (Å²) in [6.07, 6.45) is 1.28. The van der Waals surface area contributed by atoms with Crippen molar-refractivity contribution in [3.8, 4) is 0 Å². The lowest BCUT2D eigenvalue weighted by molar-refractivity contribution is -0.155. The molecule has 0 aliphatic carbocycles. The Kier molecular flexibility index (Phi) is 6.06. The van der Waals surface area contributed by atoms with Gasteiger partial charge in [-0.25, -0.2) is 0 Å². The smallest absolute Gasteiger partial charge is 0.308 e. The molecule has 1 N–H and O–H groups in total. The lowest BCUT2D eigenvalue weighted by atomic mass is 10.2. The van der Waals surface area contributed by atoms with Crippen LogP contribution in [0.4, 0.5) is 0 Å². The molecule has 0 aliphatic rings. The molecule has 0 unspecified atom stereocenters. The number of esters is 1. The number of nitrogens with zero attached hydrogens (tertiary/aromatic N) is 2. The minimum Gasteiger partial charge on any atom is -0.452 e. The van der Waals surface area contributed by atoms with E-state index in [1.807, 2.05) is 6.92 Å². The Morgan fingerprint density at radius 1 is 1.33 bits per heavy atom. The first-order valence-corrected chi connectivity index (χ1v) is 7.95. The second-order valence-corrected chi connectivity index (χ2v) is 5.42. The molecule has 7 nitrogen and oxygen atoms in total. The third-order valence-corrected chi connectivity index (χ3v) is 3.52. The van der Waals surface area contributed by atoms with E-state index < -0.39 is 12.1 Å². The molecule has 1 atom stereocenters. The minimum atomic E-state index is -0.831. The van der Waals surface area contributed by atoms with Gasteiger partial charge in [-0.2, -0.15) is 5.10 Å². The highest BCUT2D eigenvalue weighted by Crippen LogP contribution is 2.08. The van der Waals surface area contributed by atoms with Crippen LogP contribution in [0.5, 0.6) is 0 Å². The van der Waals surface area contributed by atoms with E-state index in [1.54, 1.807) is 28.9 Å². The van der Waals surface area contributed by atoms with Crippen molar-refractivity contribution in [2.45, 2.75) is 39.3 Å². The summed E-state index contributed by atoms with van der Waals surface area (Å²) in [5, 5.41) is 7.27. The van der Waals surface area contributed by atoms with Crippen molar-refractivity contribution in [1.29, 1.82) is 0 Å². The molecule has 1 aromatic carbocycles. The molecule has 0 spiro atoms. The number of fused-ring (bicyclic) bond motifs is 1. The van der Waals surface area contributed by atoms with Gasteiger partial charge in [-0.3, -0.25) is 19.1 Å². The van der Waals surface area contributed by atoms with Crippen LogP contribution < -0.4 is 10.7 Å². The topological polar surface area (TPSA) is 90.3 Å². The van der Waals surface area contributed by atoms with Crippen LogP contribution in [-0.2, 0) is 20.9 Å². The fraction of sp³-hybridized carbons (Fsp3) is 0.412. The maximum absolute atomic E-state index is 11.9. The van der Waals surface area contributed by atoms with E-state index in [4.69, 9.17) is 4.74 Å². The summed E-state index contributed by atoms with van der Waals surface area (Å²) in [5.74, 6) is -0.795. The molecule has 0 fully saturated rings. The van der Waals surface area contributed by atoms with Gasteiger partial charge in [0.15, 0.2) is 6.10 Å². The van der Waals surface area contributed by atoms with Crippen molar-refractivity contribution < 1.29 is 14.3 Å². The fourth-order valence-electron chi connectivity index (χ4n) is 2.24. The first-order valence-electron chi connectivity index (χ1n) is 7.95. The van der Waals surface area contributed by atoms with Gasteiger partial charge in [0.05, 0.1) is 24.7 Å². The van der Waals surface area contributed by atoms with Crippen LogP contribution in [0.15, 0.2) is 35.3 Å². The number of rotatable bonds is 7. The quantitative estimate of drug-likeness (QED) is 0.771. The van der Waals surface area contributed by atoms with E-state index in [-0.39, 0.29) is 24.3 Å².